The van der Waals surface area contributed by atoms with Gasteiger partial charge in [-0.05, 0) is 18.2 Å². The highest BCUT2D eigenvalue weighted by Gasteiger charge is 2.18. The highest BCUT2D eigenvalue weighted by molar-refractivity contribution is 7.99. The van der Waals surface area contributed by atoms with Crippen LogP contribution >= 0.6 is 23.4 Å². The lowest BCUT2D eigenvalue weighted by Crippen LogP contribution is -2.43. The standard InChI is InChI=1S/C15H20ClN3O2S/c16-13-11-12(17-15(20)19-3-7-21-8-4-19)1-2-14(13)18-5-9-22-10-6-18/h1-2,11H,3-10H2,(H,17,20). The fourth-order valence-electron chi connectivity index (χ4n) is 2.61. The molecule has 1 aromatic carbocycles. The van der Waals surface area contributed by atoms with Gasteiger partial charge in [0.05, 0.1) is 23.9 Å². The van der Waals surface area contributed by atoms with E-state index >= 15 is 0 Å². The fourth-order valence-corrected chi connectivity index (χ4v) is 3.82. The van der Waals surface area contributed by atoms with Crippen LogP contribution in [0.2, 0.25) is 5.02 Å². The van der Waals surface area contributed by atoms with E-state index in [1.54, 1.807) is 4.90 Å². The van der Waals surface area contributed by atoms with Gasteiger partial charge in [-0.2, -0.15) is 11.8 Å². The molecule has 2 fully saturated rings. The second-order valence-corrected chi connectivity index (χ2v) is 6.93. The van der Waals surface area contributed by atoms with Crippen LogP contribution < -0.4 is 10.2 Å². The van der Waals surface area contributed by atoms with Crippen molar-refractivity contribution in [3.8, 4) is 0 Å². The van der Waals surface area contributed by atoms with Gasteiger partial charge in [-0.3, -0.25) is 0 Å². The Morgan fingerprint density at radius 1 is 1.18 bits per heavy atom. The van der Waals surface area contributed by atoms with Gasteiger partial charge in [-0.25, -0.2) is 4.79 Å². The molecule has 0 bridgehead atoms. The van der Waals surface area contributed by atoms with E-state index in [9.17, 15) is 4.79 Å². The summed E-state index contributed by atoms with van der Waals surface area (Å²) in [6, 6.07) is 5.65. The van der Waals surface area contributed by atoms with Gasteiger partial charge in [0, 0.05) is 43.4 Å². The van der Waals surface area contributed by atoms with Gasteiger partial charge in [-0.15, -0.1) is 0 Å². The number of anilines is 2. The molecule has 5 nitrogen and oxygen atoms in total. The first-order valence-corrected chi connectivity index (χ1v) is 9.03. The molecule has 3 rings (SSSR count). The van der Waals surface area contributed by atoms with Crippen LogP contribution in [0.5, 0.6) is 0 Å². The molecule has 0 spiro atoms. The third kappa shape index (κ3) is 3.80. The number of amides is 2. The number of nitrogens with one attached hydrogen (secondary N) is 1. The number of carbonyl (C=O) groups is 1. The monoisotopic (exact) mass is 341 g/mol. The number of morpholine rings is 1. The molecule has 0 saturated carbocycles. The predicted octanol–water partition coefficient (Wildman–Crippen LogP) is 2.76. The number of halogens is 1. The second-order valence-electron chi connectivity index (χ2n) is 5.30. The van der Waals surface area contributed by atoms with Gasteiger partial charge in [-0.1, -0.05) is 11.6 Å². The Labute approximate surface area is 139 Å². The molecule has 1 aromatic rings. The van der Waals surface area contributed by atoms with Crippen molar-refractivity contribution in [1.82, 2.24) is 4.90 Å². The van der Waals surface area contributed by atoms with Crippen LogP contribution in [0.15, 0.2) is 18.2 Å². The smallest absolute Gasteiger partial charge is 0.322 e. The van der Waals surface area contributed by atoms with Crippen LogP contribution in [0.4, 0.5) is 16.2 Å². The number of benzene rings is 1. The lowest BCUT2D eigenvalue weighted by Gasteiger charge is -2.30. The summed E-state index contributed by atoms with van der Waals surface area (Å²) < 4.78 is 5.25. The molecule has 2 saturated heterocycles. The van der Waals surface area contributed by atoms with E-state index in [1.807, 2.05) is 30.0 Å². The lowest BCUT2D eigenvalue weighted by atomic mass is 10.2. The summed E-state index contributed by atoms with van der Waals surface area (Å²) >= 11 is 8.37. The summed E-state index contributed by atoms with van der Waals surface area (Å²) in [4.78, 5) is 16.2. The average molecular weight is 342 g/mol. The van der Waals surface area contributed by atoms with Crippen LogP contribution in [-0.2, 0) is 4.74 Å². The Bertz CT molecular complexity index is 532. The molecule has 0 radical (unpaired) electrons. The fraction of sp³-hybridized carbons (Fsp3) is 0.533. The number of ether oxygens (including phenoxy) is 1. The number of urea groups is 1. The van der Waals surface area contributed by atoms with E-state index < -0.39 is 0 Å². The van der Waals surface area contributed by atoms with Crippen molar-refractivity contribution in [3.63, 3.8) is 0 Å². The third-order valence-corrected chi connectivity index (χ3v) is 5.09. The van der Waals surface area contributed by atoms with Gasteiger partial charge in [0.2, 0.25) is 0 Å². The molecule has 2 amide bonds. The number of hydrogen-bond donors (Lipinski definition) is 1. The Kier molecular flexibility index (Phi) is 5.33. The minimum Gasteiger partial charge on any atom is -0.378 e. The zero-order valence-electron chi connectivity index (χ0n) is 12.4. The minimum absolute atomic E-state index is 0.0958. The maximum atomic E-state index is 12.2. The van der Waals surface area contributed by atoms with Crippen LogP contribution in [0.3, 0.4) is 0 Å². The zero-order chi connectivity index (χ0) is 15.4. The number of carbonyl (C=O) groups excluding carboxylic acids is 1. The van der Waals surface area contributed by atoms with Gasteiger partial charge in [0.1, 0.15) is 0 Å². The topological polar surface area (TPSA) is 44.8 Å². The predicted molar refractivity (Wildman–Crippen MR) is 92.4 cm³/mol. The molecule has 120 valence electrons. The Morgan fingerprint density at radius 3 is 2.59 bits per heavy atom. The van der Waals surface area contributed by atoms with Gasteiger partial charge >= 0.3 is 6.03 Å². The number of thioether (sulfide) groups is 1. The van der Waals surface area contributed by atoms with Crippen molar-refractivity contribution in [2.24, 2.45) is 0 Å². The molecular formula is C15H20ClN3O2S. The van der Waals surface area contributed by atoms with Crippen molar-refractivity contribution in [3.05, 3.63) is 23.2 Å². The molecule has 2 aliphatic heterocycles. The van der Waals surface area contributed by atoms with Gasteiger partial charge in [0.15, 0.2) is 0 Å². The molecule has 7 heteroatoms. The van der Waals surface area contributed by atoms with Gasteiger partial charge in [0.25, 0.3) is 0 Å². The summed E-state index contributed by atoms with van der Waals surface area (Å²) in [6.45, 7) is 4.49. The SMILES string of the molecule is O=C(Nc1ccc(N2CCSCC2)c(Cl)c1)N1CCOCC1. The van der Waals surface area contributed by atoms with Crippen molar-refractivity contribution in [1.29, 1.82) is 0 Å². The molecule has 0 unspecified atom stereocenters. The molecule has 1 N–H and O–H groups in total. The van der Waals surface area contributed by atoms with Crippen molar-refractivity contribution in [2.45, 2.75) is 0 Å². The van der Waals surface area contributed by atoms with E-state index in [1.165, 1.54) is 0 Å². The molecule has 0 atom stereocenters. The number of rotatable bonds is 2. The highest BCUT2D eigenvalue weighted by Crippen LogP contribution is 2.30. The first kappa shape index (κ1) is 15.8. The lowest BCUT2D eigenvalue weighted by molar-refractivity contribution is 0.0564. The van der Waals surface area contributed by atoms with Crippen LogP contribution in [0.1, 0.15) is 0 Å². The van der Waals surface area contributed by atoms with Crippen LogP contribution in [-0.4, -0.2) is 61.8 Å². The van der Waals surface area contributed by atoms with E-state index in [0.717, 1.165) is 36.0 Å². The van der Waals surface area contributed by atoms with Crippen molar-refractivity contribution in [2.75, 3.05) is 61.1 Å². The maximum absolute atomic E-state index is 12.2. The van der Waals surface area contributed by atoms with Crippen molar-refractivity contribution >= 4 is 40.8 Å². The Balaban J connectivity index is 1.64. The minimum atomic E-state index is -0.0958. The molecule has 0 aromatic heterocycles. The highest BCUT2D eigenvalue weighted by atomic mass is 35.5. The van der Waals surface area contributed by atoms with E-state index in [0.29, 0.717) is 31.3 Å². The summed E-state index contributed by atoms with van der Waals surface area (Å²) in [5.41, 5.74) is 1.78. The van der Waals surface area contributed by atoms with Gasteiger partial charge < -0.3 is 19.9 Å². The third-order valence-electron chi connectivity index (χ3n) is 3.85. The first-order chi connectivity index (χ1) is 10.7. The number of hydrogen-bond acceptors (Lipinski definition) is 4. The number of nitrogens with zero attached hydrogens (tertiary/aromatic N) is 2. The Hall–Kier alpha value is -1.11. The first-order valence-electron chi connectivity index (χ1n) is 7.50. The molecule has 2 heterocycles. The summed E-state index contributed by atoms with van der Waals surface area (Å²) in [6.07, 6.45) is 0. The molecular weight excluding hydrogens is 322 g/mol. The van der Waals surface area contributed by atoms with Crippen LogP contribution in [0, 0.1) is 0 Å². The van der Waals surface area contributed by atoms with E-state index in [4.69, 9.17) is 16.3 Å². The molecule has 22 heavy (non-hydrogen) atoms. The largest absolute Gasteiger partial charge is 0.378 e. The average Bonchev–Trinajstić information content (AvgIpc) is 2.56. The second kappa shape index (κ2) is 7.44. The van der Waals surface area contributed by atoms with Crippen LogP contribution in [0.25, 0.3) is 0 Å². The Morgan fingerprint density at radius 2 is 1.91 bits per heavy atom. The summed E-state index contributed by atoms with van der Waals surface area (Å²) in [5.74, 6) is 2.26. The zero-order valence-corrected chi connectivity index (χ0v) is 14.0. The quantitative estimate of drug-likeness (QED) is 0.898. The normalized spacial score (nSPS) is 19.1. The summed E-state index contributed by atoms with van der Waals surface area (Å²) in [7, 11) is 0. The molecule has 2 aliphatic rings. The summed E-state index contributed by atoms with van der Waals surface area (Å²) in [5, 5.41) is 3.59. The maximum Gasteiger partial charge on any atom is 0.322 e. The van der Waals surface area contributed by atoms with E-state index in [-0.39, 0.29) is 6.03 Å². The van der Waals surface area contributed by atoms with E-state index in [2.05, 4.69) is 10.2 Å². The van der Waals surface area contributed by atoms with Crippen molar-refractivity contribution < 1.29 is 9.53 Å². The molecule has 0 aliphatic carbocycles.